The lowest BCUT2D eigenvalue weighted by atomic mass is 9.84. The van der Waals surface area contributed by atoms with E-state index >= 15 is 0 Å². The van der Waals surface area contributed by atoms with E-state index in [0.717, 1.165) is 37.0 Å². The first kappa shape index (κ1) is 19.9. The predicted molar refractivity (Wildman–Crippen MR) is 116 cm³/mol. The summed E-state index contributed by atoms with van der Waals surface area (Å²) in [4.78, 5) is 28.7. The second-order valence-corrected chi connectivity index (χ2v) is 8.78. The van der Waals surface area contributed by atoms with Crippen LogP contribution >= 0.6 is 0 Å². The summed E-state index contributed by atoms with van der Waals surface area (Å²) < 4.78 is 10.8. The van der Waals surface area contributed by atoms with Crippen LogP contribution in [0.3, 0.4) is 0 Å². The summed E-state index contributed by atoms with van der Waals surface area (Å²) in [7, 11) is 0. The van der Waals surface area contributed by atoms with E-state index in [1.54, 1.807) is 0 Å². The first-order chi connectivity index (χ1) is 15.1. The van der Waals surface area contributed by atoms with Gasteiger partial charge in [-0.1, -0.05) is 37.1 Å². The number of fused-ring (bicyclic) bond motifs is 2. The van der Waals surface area contributed by atoms with Gasteiger partial charge < -0.3 is 19.7 Å². The van der Waals surface area contributed by atoms with Crippen LogP contribution in [0.4, 0.5) is 0 Å². The molecule has 0 spiro atoms. The molecule has 4 unspecified atom stereocenters. The molecule has 0 radical (unpaired) electrons. The van der Waals surface area contributed by atoms with Gasteiger partial charge in [0.2, 0.25) is 12.7 Å². The number of nitrogens with one attached hydrogen (secondary N) is 1. The lowest BCUT2D eigenvalue weighted by Gasteiger charge is -2.34. The van der Waals surface area contributed by atoms with Gasteiger partial charge in [0, 0.05) is 11.6 Å². The van der Waals surface area contributed by atoms with Crippen molar-refractivity contribution in [3.63, 3.8) is 0 Å². The average Bonchev–Trinajstić information content (AvgIpc) is 3.43. The molecule has 1 saturated heterocycles. The van der Waals surface area contributed by atoms with Gasteiger partial charge in [-0.25, -0.2) is 0 Å². The minimum Gasteiger partial charge on any atom is -0.454 e. The van der Waals surface area contributed by atoms with Crippen molar-refractivity contribution in [2.75, 3.05) is 6.79 Å². The standard InChI is InChI=1S/C25H28N2O4/c1-16(18-11-12-22-23(14-18)31-15-30-22)26-24(28)21-13-19-9-5-6-10-20(19)27(21)25(29)17-7-3-2-4-8-17/h2-4,7-8,11-12,14,16,19-21H,5-6,9-10,13,15H2,1H3,(H,26,28). The Bertz CT molecular complexity index is 977. The summed E-state index contributed by atoms with van der Waals surface area (Å²) in [6, 6.07) is 14.6. The Morgan fingerprint density at radius 2 is 1.81 bits per heavy atom. The largest absolute Gasteiger partial charge is 0.454 e. The third kappa shape index (κ3) is 3.75. The molecule has 3 aliphatic rings. The Morgan fingerprint density at radius 3 is 2.65 bits per heavy atom. The normalized spacial score (nSPS) is 25.1. The Balaban J connectivity index is 1.36. The minimum absolute atomic E-state index is 0.0362. The van der Waals surface area contributed by atoms with Gasteiger partial charge >= 0.3 is 0 Å². The zero-order valence-corrected chi connectivity index (χ0v) is 17.8. The quantitative estimate of drug-likeness (QED) is 0.810. The fourth-order valence-corrected chi connectivity index (χ4v) is 5.29. The van der Waals surface area contributed by atoms with Gasteiger partial charge in [-0.15, -0.1) is 0 Å². The number of carbonyl (C=O) groups excluding carboxylic acids is 2. The third-order valence-corrected chi connectivity index (χ3v) is 6.90. The van der Waals surface area contributed by atoms with Crippen molar-refractivity contribution in [2.45, 2.75) is 57.2 Å². The van der Waals surface area contributed by atoms with Crippen molar-refractivity contribution in [3.05, 3.63) is 59.7 Å². The van der Waals surface area contributed by atoms with Crippen LogP contribution in [0.15, 0.2) is 48.5 Å². The molecule has 2 amide bonds. The fourth-order valence-electron chi connectivity index (χ4n) is 5.29. The predicted octanol–water partition coefficient (Wildman–Crippen LogP) is 4.07. The topological polar surface area (TPSA) is 67.9 Å². The van der Waals surface area contributed by atoms with Gasteiger partial charge in [0.1, 0.15) is 6.04 Å². The maximum Gasteiger partial charge on any atom is 0.254 e. The van der Waals surface area contributed by atoms with Gasteiger partial charge in [0.05, 0.1) is 6.04 Å². The molecular weight excluding hydrogens is 392 g/mol. The van der Waals surface area contributed by atoms with Crippen LogP contribution in [0.2, 0.25) is 0 Å². The number of carbonyl (C=O) groups is 2. The van der Waals surface area contributed by atoms with E-state index in [2.05, 4.69) is 5.32 Å². The molecule has 6 heteroatoms. The molecule has 6 nitrogen and oxygen atoms in total. The van der Waals surface area contributed by atoms with Gasteiger partial charge in [-0.2, -0.15) is 0 Å². The molecule has 2 heterocycles. The number of hydrogen-bond donors (Lipinski definition) is 1. The van der Waals surface area contributed by atoms with E-state index in [0.29, 0.717) is 17.2 Å². The van der Waals surface area contributed by atoms with E-state index in [1.807, 2.05) is 60.4 Å². The highest BCUT2D eigenvalue weighted by atomic mass is 16.7. The summed E-state index contributed by atoms with van der Waals surface area (Å²) in [5, 5.41) is 3.15. The molecule has 2 aromatic carbocycles. The van der Waals surface area contributed by atoms with Gasteiger partial charge in [-0.05, 0) is 61.9 Å². The zero-order valence-electron chi connectivity index (χ0n) is 17.8. The summed E-state index contributed by atoms with van der Waals surface area (Å²) in [6.07, 6.45) is 5.09. The van der Waals surface area contributed by atoms with E-state index < -0.39 is 6.04 Å². The number of benzene rings is 2. The molecule has 5 rings (SSSR count). The van der Waals surface area contributed by atoms with Crippen LogP contribution in [0, 0.1) is 5.92 Å². The van der Waals surface area contributed by atoms with Crippen LogP contribution in [-0.2, 0) is 4.79 Å². The molecule has 2 aliphatic heterocycles. The van der Waals surface area contributed by atoms with Crippen molar-refractivity contribution in [2.24, 2.45) is 5.92 Å². The van der Waals surface area contributed by atoms with E-state index in [4.69, 9.17) is 9.47 Å². The average molecular weight is 421 g/mol. The van der Waals surface area contributed by atoms with Crippen LogP contribution in [-0.4, -0.2) is 35.6 Å². The van der Waals surface area contributed by atoms with E-state index in [1.165, 1.54) is 6.42 Å². The van der Waals surface area contributed by atoms with Crippen molar-refractivity contribution in [3.8, 4) is 11.5 Å². The molecular formula is C25H28N2O4. The highest BCUT2D eigenvalue weighted by molar-refractivity contribution is 5.98. The molecule has 0 aromatic heterocycles. The number of nitrogens with zero attached hydrogens (tertiary/aromatic N) is 1. The summed E-state index contributed by atoms with van der Waals surface area (Å²) >= 11 is 0. The molecule has 31 heavy (non-hydrogen) atoms. The molecule has 1 aliphatic carbocycles. The van der Waals surface area contributed by atoms with Crippen molar-refractivity contribution >= 4 is 11.8 Å². The molecule has 2 fully saturated rings. The molecule has 2 aromatic rings. The third-order valence-electron chi connectivity index (χ3n) is 6.90. The number of amides is 2. The second-order valence-electron chi connectivity index (χ2n) is 8.78. The summed E-state index contributed by atoms with van der Waals surface area (Å²) in [5.74, 6) is 1.71. The number of hydrogen-bond acceptors (Lipinski definition) is 4. The Labute approximate surface area is 182 Å². The van der Waals surface area contributed by atoms with Crippen molar-refractivity contribution < 1.29 is 19.1 Å². The van der Waals surface area contributed by atoms with Crippen LogP contribution in [0.5, 0.6) is 11.5 Å². The van der Waals surface area contributed by atoms with Gasteiger partial charge in [-0.3, -0.25) is 9.59 Å². The Kier molecular flexibility index (Phi) is 5.30. The van der Waals surface area contributed by atoms with Gasteiger partial charge in [0.25, 0.3) is 5.91 Å². The second kappa shape index (κ2) is 8.25. The first-order valence-corrected chi connectivity index (χ1v) is 11.2. The monoisotopic (exact) mass is 420 g/mol. The minimum atomic E-state index is -0.433. The highest BCUT2D eigenvalue weighted by Crippen LogP contribution is 2.41. The maximum atomic E-state index is 13.4. The van der Waals surface area contributed by atoms with Crippen molar-refractivity contribution in [1.29, 1.82) is 0 Å². The fraction of sp³-hybridized carbons (Fsp3) is 0.440. The lowest BCUT2D eigenvalue weighted by molar-refractivity contribution is -0.125. The Hall–Kier alpha value is -3.02. The van der Waals surface area contributed by atoms with Gasteiger partial charge in [0.15, 0.2) is 11.5 Å². The summed E-state index contributed by atoms with van der Waals surface area (Å²) in [5.41, 5.74) is 1.60. The van der Waals surface area contributed by atoms with Crippen LogP contribution in [0.25, 0.3) is 0 Å². The maximum absolute atomic E-state index is 13.4. The smallest absolute Gasteiger partial charge is 0.254 e. The van der Waals surface area contributed by atoms with E-state index in [9.17, 15) is 9.59 Å². The molecule has 1 N–H and O–H groups in total. The number of likely N-dealkylation sites (tertiary alicyclic amines) is 1. The van der Waals surface area contributed by atoms with Crippen LogP contribution < -0.4 is 14.8 Å². The lowest BCUT2D eigenvalue weighted by Crippen LogP contribution is -2.50. The molecule has 162 valence electrons. The highest BCUT2D eigenvalue weighted by Gasteiger charge is 2.47. The number of rotatable bonds is 4. The first-order valence-electron chi connectivity index (χ1n) is 11.2. The molecule has 0 bridgehead atoms. The molecule has 1 saturated carbocycles. The van der Waals surface area contributed by atoms with Crippen molar-refractivity contribution in [1.82, 2.24) is 10.2 Å². The zero-order chi connectivity index (χ0) is 21.4. The van der Waals surface area contributed by atoms with E-state index in [-0.39, 0.29) is 30.7 Å². The van der Waals surface area contributed by atoms with Crippen LogP contribution in [0.1, 0.15) is 61.0 Å². The SMILES string of the molecule is CC(NC(=O)C1CC2CCCCC2N1C(=O)c1ccccc1)c1ccc2c(c1)OCO2. The molecule has 4 atom stereocenters. The Morgan fingerprint density at radius 1 is 1.03 bits per heavy atom. The number of ether oxygens (including phenoxy) is 2. The summed E-state index contributed by atoms with van der Waals surface area (Å²) in [6.45, 7) is 2.18.